The van der Waals surface area contributed by atoms with E-state index in [1.54, 1.807) is 0 Å². The van der Waals surface area contributed by atoms with Crippen molar-refractivity contribution in [1.82, 2.24) is 5.32 Å². The second-order valence-corrected chi connectivity index (χ2v) is 5.84. The van der Waals surface area contributed by atoms with Gasteiger partial charge in [0.2, 0.25) is 0 Å². The lowest BCUT2D eigenvalue weighted by molar-refractivity contribution is 0.0664. The van der Waals surface area contributed by atoms with E-state index in [1.165, 1.54) is 25.0 Å². The van der Waals surface area contributed by atoms with Crippen LogP contribution < -0.4 is 5.32 Å². The molecule has 2 rings (SSSR count). The second-order valence-electron chi connectivity index (χ2n) is 4.29. The first-order valence-electron chi connectivity index (χ1n) is 5.24. The van der Waals surface area contributed by atoms with Gasteiger partial charge in [0.1, 0.15) is 0 Å². The molecule has 13 heavy (non-hydrogen) atoms. The first-order chi connectivity index (χ1) is 6.21. The molecular formula is C10H19NOS. The Hall–Kier alpha value is 0.270. The van der Waals surface area contributed by atoms with Crippen LogP contribution in [0.5, 0.6) is 0 Å². The van der Waals surface area contributed by atoms with E-state index in [1.807, 2.05) is 11.8 Å². The molecule has 3 atom stereocenters. The van der Waals surface area contributed by atoms with Gasteiger partial charge in [-0.2, -0.15) is 0 Å². The average molecular weight is 201 g/mol. The minimum absolute atomic E-state index is 0.175. The lowest BCUT2D eigenvalue weighted by Gasteiger charge is -2.41. The molecule has 0 spiro atoms. The highest BCUT2D eigenvalue weighted by atomic mass is 32.2. The SMILES string of the molecule is CC1CCSC(C)(C2CCCO2)N1. The normalized spacial score (nSPS) is 46.6. The highest BCUT2D eigenvalue weighted by Crippen LogP contribution is 2.37. The van der Waals surface area contributed by atoms with Gasteiger partial charge in [-0.15, -0.1) is 11.8 Å². The zero-order valence-corrected chi connectivity index (χ0v) is 9.32. The fourth-order valence-corrected chi connectivity index (χ4v) is 3.80. The van der Waals surface area contributed by atoms with Crippen LogP contribution in [0.3, 0.4) is 0 Å². The van der Waals surface area contributed by atoms with E-state index in [9.17, 15) is 0 Å². The van der Waals surface area contributed by atoms with Gasteiger partial charge in [0, 0.05) is 12.6 Å². The minimum Gasteiger partial charge on any atom is -0.375 e. The largest absolute Gasteiger partial charge is 0.375 e. The van der Waals surface area contributed by atoms with Gasteiger partial charge in [0.05, 0.1) is 11.0 Å². The van der Waals surface area contributed by atoms with Crippen LogP contribution in [0.4, 0.5) is 0 Å². The Morgan fingerprint density at radius 2 is 2.31 bits per heavy atom. The van der Waals surface area contributed by atoms with Crippen LogP contribution in [-0.2, 0) is 4.74 Å². The predicted molar refractivity (Wildman–Crippen MR) is 57.1 cm³/mol. The van der Waals surface area contributed by atoms with Gasteiger partial charge in [-0.1, -0.05) is 0 Å². The van der Waals surface area contributed by atoms with E-state index >= 15 is 0 Å². The molecule has 2 fully saturated rings. The average Bonchev–Trinajstić information content (AvgIpc) is 2.55. The molecule has 0 aromatic rings. The first kappa shape index (κ1) is 9.81. The molecule has 76 valence electrons. The maximum absolute atomic E-state index is 5.76. The molecule has 0 radical (unpaired) electrons. The second kappa shape index (κ2) is 3.79. The van der Waals surface area contributed by atoms with Crippen LogP contribution in [0.1, 0.15) is 33.1 Å². The molecule has 2 aliphatic rings. The van der Waals surface area contributed by atoms with Gasteiger partial charge in [0.15, 0.2) is 0 Å². The standard InChI is InChI=1S/C10H19NOS/c1-8-5-7-13-10(2,11-8)9-4-3-6-12-9/h8-9,11H,3-7H2,1-2H3. The zero-order valence-electron chi connectivity index (χ0n) is 8.51. The third-order valence-corrected chi connectivity index (χ3v) is 4.45. The summed E-state index contributed by atoms with van der Waals surface area (Å²) in [6.45, 7) is 5.52. The fourth-order valence-electron chi connectivity index (χ4n) is 2.25. The predicted octanol–water partition coefficient (Wildman–Crippen LogP) is 2.00. The molecular weight excluding hydrogens is 182 g/mol. The van der Waals surface area contributed by atoms with E-state index < -0.39 is 0 Å². The van der Waals surface area contributed by atoms with Crippen molar-refractivity contribution in [2.75, 3.05) is 12.4 Å². The van der Waals surface area contributed by atoms with Gasteiger partial charge in [-0.25, -0.2) is 0 Å². The van der Waals surface area contributed by atoms with Crippen LogP contribution in [0.25, 0.3) is 0 Å². The summed E-state index contributed by atoms with van der Waals surface area (Å²) >= 11 is 2.03. The van der Waals surface area contributed by atoms with Gasteiger partial charge >= 0.3 is 0 Å². The Morgan fingerprint density at radius 3 is 2.92 bits per heavy atom. The summed E-state index contributed by atoms with van der Waals surface area (Å²) in [6.07, 6.45) is 4.17. The van der Waals surface area contributed by atoms with Crippen LogP contribution >= 0.6 is 11.8 Å². The monoisotopic (exact) mass is 201 g/mol. The molecule has 2 aliphatic heterocycles. The molecule has 2 heterocycles. The number of hydrogen-bond acceptors (Lipinski definition) is 3. The Balaban J connectivity index is 2.00. The van der Waals surface area contributed by atoms with E-state index in [0.29, 0.717) is 12.1 Å². The third-order valence-electron chi connectivity index (χ3n) is 3.03. The van der Waals surface area contributed by atoms with Crippen molar-refractivity contribution < 1.29 is 4.74 Å². The van der Waals surface area contributed by atoms with Crippen molar-refractivity contribution in [1.29, 1.82) is 0 Å². The summed E-state index contributed by atoms with van der Waals surface area (Å²) in [5.74, 6) is 1.27. The summed E-state index contributed by atoms with van der Waals surface area (Å²) < 4.78 is 5.76. The number of nitrogens with one attached hydrogen (secondary N) is 1. The highest BCUT2D eigenvalue weighted by Gasteiger charge is 2.40. The van der Waals surface area contributed by atoms with Crippen molar-refractivity contribution in [2.24, 2.45) is 0 Å². The number of ether oxygens (including phenoxy) is 1. The Labute approximate surface area is 84.8 Å². The van der Waals surface area contributed by atoms with Crippen LogP contribution in [0.2, 0.25) is 0 Å². The quantitative estimate of drug-likeness (QED) is 0.701. The molecule has 0 aromatic heterocycles. The first-order valence-corrected chi connectivity index (χ1v) is 6.22. The van der Waals surface area contributed by atoms with Crippen molar-refractivity contribution in [3.05, 3.63) is 0 Å². The van der Waals surface area contributed by atoms with Crippen molar-refractivity contribution in [2.45, 2.75) is 50.1 Å². The van der Waals surface area contributed by atoms with E-state index in [0.717, 1.165) is 6.61 Å². The Morgan fingerprint density at radius 1 is 1.46 bits per heavy atom. The summed E-state index contributed by atoms with van der Waals surface area (Å²) in [4.78, 5) is 0.175. The van der Waals surface area contributed by atoms with Crippen molar-refractivity contribution in [3.63, 3.8) is 0 Å². The number of rotatable bonds is 1. The molecule has 0 amide bonds. The van der Waals surface area contributed by atoms with Crippen LogP contribution in [0, 0.1) is 0 Å². The maximum Gasteiger partial charge on any atom is 0.0883 e. The fraction of sp³-hybridized carbons (Fsp3) is 1.00. The van der Waals surface area contributed by atoms with E-state index in [4.69, 9.17) is 4.74 Å². The van der Waals surface area contributed by atoms with E-state index in [-0.39, 0.29) is 4.87 Å². The van der Waals surface area contributed by atoms with Crippen molar-refractivity contribution >= 4 is 11.8 Å². The zero-order chi connectivity index (χ0) is 9.31. The lowest BCUT2D eigenvalue weighted by Crippen LogP contribution is -2.55. The lowest BCUT2D eigenvalue weighted by atomic mass is 10.1. The van der Waals surface area contributed by atoms with Gasteiger partial charge in [0.25, 0.3) is 0 Å². The minimum atomic E-state index is 0.175. The molecule has 2 saturated heterocycles. The molecule has 0 aliphatic carbocycles. The molecule has 3 unspecified atom stereocenters. The summed E-state index contributed by atoms with van der Waals surface area (Å²) in [7, 11) is 0. The number of hydrogen-bond donors (Lipinski definition) is 1. The molecule has 0 saturated carbocycles. The third kappa shape index (κ3) is 2.03. The Bertz CT molecular complexity index is 182. The van der Waals surface area contributed by atoms with Gasteiger partial charge < -0.3 is 4.74 Å². The topological polar surface area (TPSA) is 21.3 Å². The highest BCUT2D eigenvalue weighted by molar-refractivity contribution is 8.00. The van der Waals surface area contributed by atoms with Crippen LogP contribution in [-0.4, -0.2) is 29.4 Å². The van der Waals surface area contributed by atoms with E-state index in [2.05, 4.69) is 19.2 Å². The van der Waals surface area contributed by atoms with Gasteiger partial charge in [-0.05, 0) is 38.9 Å². The number of thioether (sulfide) groups is 1. The molecule has 0 aromatic carbocycles. The summed E-state index contributed by atoms with van der Waals surface area (Å²) in [6, 6.07) is 0.649. The van der Waals surface area contributed by atoms with Crippen LogP contribution in [0.15, 0.2) is 0 Å². The Kier molecular flexibility index (Phi) is 2.86. The maximum atomic E-state index is 5.76. The molecule has 1 N–H and O–H groups in total. The molecule has 2 nitrogen and oxygen atoms in total. The summed E-state index contributed by atoms with van der Waals surface area (Å²) in [5.41, 5.74) is 0. The molecule has 0 bridgehead atoms. The summed E-state index contributed by atoms with van der Waals surface area (Å²) in [5, 5.41) is 3.67. The molecule has 3 heteroatoms. The van der Waals surface area contributed by atoms with Crippen molar-refractivity contribution in [3.8, 4) is 0 Å². The van der Waals surface area contributed by atoms with Gasteiger partial charge in [-0.3, -0.25) is 5.32 Å². The smallest absolute Gasteiger partial charge is 0.0883 e.